The molecule has 0 saturated heterocycles. The lowest BCUT2D eigenvalue weighted by molar-refractivity contribution is 0.498. The van der Waals surface area contributed by atoms with Crippen LogP contribution >= 0.6 is 0 Å². The minimum atomic E-state index is -0.0934. The van der Waals surface area contributed by atoms with Crippen LogP contribution in [0, 0.1) is 0 Å². The maximum absolute atomic E-state index is 2.38. The Labute approximate surface area is 300 Å². The Hall–Kier alpha value is -6.12. The van der Waals surface area contributed by atoms with Gasteiger partial charge in [-0.3, -0.25) is 0 Å². The van der Waals surface area contributed by atoms with Gasteiger partial charge in [0.2, 0.25) is 0 Å². The minimum Gasteiger partial charge on any atom is -0.310 e. The molecule has 0 N–H and O–H groups in total. The summed E-state index contributed by atoms with van der Waals surface area (Å²) in [6, 6.07) is 66.3. The summed E-state index contributed by atoms with van der Waals surface area (Å²) in [5.41, 5.74) is 12.5. The van der Waals surface area contributed by atoms with Gasteiger partial charge in [-0.1, -0.05) is 123 Å². The molecule has 0 saturated carbocycles. The predicted molar refractivity (Wildman–Crippen MR) is 218 cm³/mol. The van der Waals surface area contributed by atoms with Crippen LogP contribution in [0.3, 0.4) is 0 Å². The predicted octanol–water partition coefficient (Wildman–Crippen LogP) is 14.0. The third-order valence-electron chi connectivity index (χ3n) is 11.0. The Morgan fingerprint density at radius 1 is 0.353 bits per heavy atom. The molecule has 0 aromatic heterocycles. The SMILES string of the molecule is CCC1(CC)c2c(ccc3cc(N(c4ccccc4)c4ccccc4)ccc23)-c2ccc3cc(N(c4ccccc4)c4ccccc4)ccc3c21. The van der Waals surface area contributed by atoms with Crippen LogP contribution in [-0.2, 0) is 5.41 Å². The summed E-state index contributed by atoms with van der Waals surface area (Å²) in [6.07, 6.45) is 2.07. The molecule has 0 unspecified atom stereocenters. The maximum atomic E-state index is 2.38. The van der Waals surface area contributed by atoms with Crippen molar-refractivity contribution in [3.8, 4) is 11.1 Å². The van der Waals surface area contributed by atoms with Crippen molar-refractivity contribution in [2.45, 2.75) is 32.1 Å². The Kier molecular flexibility index (Phi) is 7.66. The lowest BCUT2D eigenvalue weighted by Crippen LogP contribution is -2.24. The number of anilines is 6. The average Bonchev–Trinajstić information content (AvgIpc) is 3.50. The van der Waals surface area contributed by atoms with Crippen molar-refractivity contribution >= 4 is 55.7 Å². The maximum Gasteiger partial charge on any atom is 0.0468 e. The fourth-order valence-electron chi connectivity index (χ4n) is 8.68. The zero-order valence-electron chi connectivity index (χ0n) is 29.1. The zero-order valence-corrected chi connectivity index (χ0v) is 29.1. The van der Waals surface area contributed by atoms with E-state index in [2.05, 4.69) is 206 Å². The number of benzene rings is 8. The highest BCUT2D eigenvalue weighted by atomic mass is 15.1. The van der Waals surface area contributed by atoms with E-state index in [9.17, 15) is 0 Å². The highest BCUT2D eigenvalue weighted by Crippen LogP contribution is 2.57. The quantitative estimate of drug-likeness (QED) is 0.161. The first-order chi connectivity index (χ1) is 25.2. The van der Waals surface area contributed by atoms with Crippen molar-refractivity contribution in [1.82, 2.24) is 0 Å². The minimum absolute atomic E-state index is 0.0934. The molecule has 0 atom stereocenters. The molecule has 2 heteroatoms. The van der Waals surface area contributed by atoms with Crippen molar-refractivity contribution in [2.24, 2.45) is 0 Å². The molecule has 8 aromatic carbocycles. The molecule has 8 aromatic rings. The van der Waals surface area contributed by atoms with Crippen LogP contribution in [0.1, 0.15) is 37.8 Å². The van der Waals surface area contributed by atoms with E-state index in [1.807, 2.05) is 0 Å². The summed E-state index contributed by atoms with van der Waals surface area (Å²) in [4.78, 5) is 4.71. The van der Waals surface area contributed by atoms with Crippen LogP contribution in [-0.4, -0.2) is 0 Å². The molecule has 1 aliphatic rings. The molecular formula is C49H40N2. The Morgan fingerprint density at radius 2 is 0.686 bits per heavy atom. The Morgan fingerprint density at radius 3 is 1.00 bits per heavy atom. The highest BCUT2D eigenvalue weighted by molar-refractivity contribution is 6.05. The summed E-state index contributed by atoms with van der Waals surface area (Å²) in [7, 11) is 0. The van der Waals surface area contributed by atoms with Gasteiger partial charge in [0, 0.05) is 39.5 Å². The second-order valence-electron chi connectivity index (χ2n) is 13.6. The third-order valence-corrected chi connectivity index (χ3v) is 11.0. The van der Waals surface area contributed by atoms with E-state index in [1.54, 1.807) is 0 Å². The van der Waals surface area contributed by atoms with Gasteiger partial charge >= 0.3 is 0 Å². The van der Waals surface area contributed by atoms with Gasteiger partial charge in [-0.2, -0.15) is 0 Å². The summed E-state index contributed by atoms with van der Waals surface area (Å²) in [5.74, 6) is 0. The van der Waals surface area contributed by atoms with Crippen LogP contribution < -0.4 is 9.80 Å². The molecule has 0 aliphatic heterocycles. The number of hydrogen-bond donors (Lipinski definition) is 0. The van der Waals surface area contributed by atoms with E-state index in [-0.39, 0.29) is 5.41 Å². The molecule has 0 heterocycles. The second-order valence-corrected chi connectivity index (χ2v) is 13.6. The van der Waals surface area contributed by atoms with E-state index < -0.39 is 0 Å². The number of hydrogen-bond acceptors (Lipinski definition) is 2. The van der Waals surface area contributed by atoms with Gasteiger partial charge in [-0.05, 0) is 129 Å². The molecule has 246 valence electrons. The van der Waals surface area contributed by atoms with E-state index in [1.165, 1.54) is 43.8 Å². The Balaban J connectivity index is 1.19. The van der Waals surface area contributed by atoms with Crippen LogP contribution in [0.2, 0.25) is 0 Å². The largest absolute Gasteiger partial charge is 0.310 e. The van der Waals surface area contributed by atoms with Gasteiger partial charge in [-0.25, -0.2) is 0 Å². The number of rotatable bonds is 8. The fourth-order valence-corrected chi connectivity index (χ4v) is 8.68. The molecular weight excluding hydrogens is 617 g/mol. The lowest BCUT2D eigenvalue weighted by Gasteiger charge is -2.32. The first-order valence-electron chi connectivity index (χ1n) is 18.2. The molecule has 0 bridgehead atoms. The van der Waals surface area contributed by atoms with Gasteiger partial charge in [0.05, 0.1) is 0 Å². The van der Waals surface area contributed by atoms with Gasteiger partial charge in [0.25, 0.3) is 0 Å². The molecule has 0 radical (unpaired) electrons. The average molecular weight is 657 g/mol. The summed E-state index contributed by atoms with van der Waals surface area (Å²) >= 11 is 0. The van der Waals surface area contributed by atoms with Crippen molar-refractivity contribution in [2.75, 3.05) is 9.80 Å². The summed E-state index contributed by atoms with van der Waals surface area (Å²) < 4.78 is 0. The molecule has 2 nitrogen and oxygen atoms in total. The summed E-state index contributed by atoms with van der Waals surface area (Å²) in [6.45, 7) is 4.75. The second kappa shape index (κ2) is 12.6. The molecule has 0 fully saturated rings. The topological polar surface area (TPSA) is 6.48 Å². The molecule has 0 amide bonds. The number of fused-ring (bicyclic) bond motifs is 7. The van der Waals surface area contributed by atoms with Crippen molar-refractivity contribution in [3.05, 3.63) is 193 Å². The zero-order chi connectivity index (χ0) is 34.4. The lowest BCUT2D eigenvalue weighted by atomic mass is 9.71. The van der Waals surface area contributed by atoms with Crippen LogP contribution in [0.15, 0.2) is 182 Å². The van der Waals surface area contributed by atoms with Crippen LogP contribution in [0.4, 0.5) is 34.1 Å². The highest BCUT2D eigenvalue weighted by Gasteiger charge is 2.43. The van der Waals surface area contributed by atoms with E-state index >= 15 is 0 Å². The number of para-hydroxylation sites is 4. The fraction of sp³-hybridized carbons (Fsp3) is 0.102. The first-order valence-corrected chi connectivity index (χ1v) is 18.2. The van der Waals surface area contributed by atoms with E-state index in [4.69, 9.17) is 0 Å². The van der Waals surface area contributed by atoms with Crippen molar-refractivity contribution < 1.29 is 0 Å². The number of nitrogens with zero attached hydrogens (tertiary/aromatic N) is 2. The van der Waals surface area contributed by atoms with Gasteiger partial charge < -0.3 is 9.80 Å². The van der Waals surface area contributed by atoms with Crippen LogP contribution in [0.25, 0.3) is 32.7 Å². The third kappa shape index (κ3) is 5.02. The normalized spacial score (nSPS) is 12.8. The molecule has 9 rings (SSSR count). The van der Waals surface area contributed by atoms with Crippen molar-refractivity contribution in [1.29, 1.82) is 0 Å². The standard InChI is InChI=1S/C49H40N2/c1-3-49(4-2)47-43-31-27-41(50(37-17-9-5-10-18-37)38-19-11-6-12-20-38)33-35(43)25-29-45(47)46-30-26-36-34-42(28-32-44(36)48(46)49)51(39-21-13-7-14-22-39)40-23-15-8-16-24-40/h5-34H,3-4H2,1-2H3. The smallest absolute Gasteiger partial charge is 0.0468 e. The summed E-state index contributed by atoms with van der Waals surface area (Å²) in [5, 5.41) is 5.24. The van der Waals surface area contributed by atoms with Gasteiger partial charge in [0.15, 0.2) is 0 Å². The first kappa shape index (κ1) is 30.9. The van der Waals surface area contributed by atoms with Crippen LogP contribution in [0.5, 0.6) is 0 Å². The molecule has 0 spiro atoms. The monoisotopic (exact) mass is 656 g/mol. The van der Waals surface area contributed by atoms with Crippen molar-refractivity contribution in [3.63, 3.8) is 0 Å². The molecule has 1 aliphatic carbocycles. The van der Waals surface area contributed by atoms with E-state index in [0.29, 0.717) is 0 Å². The Bertz CT molecular complexity index is 2230. The van der Waals surface area contributed by atoms with Gasteiger partial charge in [0.1, 0.15) is 0 Å². The molecule has 51 heavy (non-hydrogen) atoms. The van der Waals surface area contributed by atoms with E-state index in [0.717, 1.165) is 47.0 Å². The van der Waals surface area contributed by atoms with Gasteiger partial charge in [-0.15, -0.1) is 0 Å².